The highest BCUT2D eigenvalue weighted by atomic mass is 16.5. The van der Waals surface area contributed by atoms with E-state index in [1.165, 1.54) is 5.56 Å². The summed E-state index contributed by atoms with van der Waals surface area (Å²) in [7, 11) is 3.21. The van der Waals surface area contributed by atoms with Crippen molar-refractivity contribution in [1.29, 1.82) is 0 Å². The van der Waals surface area contributed by atoms with Gasteiger partial charge >= 0.3 is 0 Å². The number of nitrogens with zero attached hydrogens (tertiary/aromatic N) is 2. The van der Waals surface area contributed by atoms with Gasteiger partial charge in [0.05, 0.1) is 20.6 Å². The number of rotatable bonds is 7. The van der Waals surface area contributed by atoms with E-state index in [2.05, 4.69) is 48.6 Å². The number of aryl methyl sites for hydroxylation is 2. The van der Waals surface area contributed by atoms with Crippen molar-refractivity contribution < 1.29 is 14.3 Å². The molecular formula is C27H31N3O3. The molecule has 6 heteroatoms. The maximum atomic E-state index is 13.0. The number of carbonyl (C=O) groups excluding carboxylic acids is 1. The van der Waals surface area contributed by atoms with Gasteiger partial charge in [0.25, 0.3) is 0 Å². The molecule has 3 aromatic rings. The molecule has 0 bridgehead atoms. The summed E-state index contributed by atoms with van der Waals surface area (Å²) < 4.78 is 10.7. The molecule has 4 rings (SSSR count). The van der Waals surface area contributed by atoms with Gasteiger partial charge < -0.3 is 19.7 Å². The Balaban J connectivity index is 1.42. The summed E-state index contributed by atoms with van der Waals surface area (Å²) in [5.74, 6) is 1.66. The van der Waals surface area contributed by atoms with Crippen LogP contribution in [0.4, 0.5) is 11.4 Å². The second-order valence-electron chi connectivity index (χ2n) is 8.60. The highest BCUT2D eigenvalue weighted by Crippen LogP contribution is 2.31. The Morgan fingerprint density at radius 3 is 2.48 bits per heavy atom. The molecule has 1 fully saturated rings. The zero-order valence-electron chi connectivity index (χ0n) is 19.7. The molecule has 6 nitrogen and oxygen atoms in total. The highest BCUT2D eigenvalue weighted by Gasteiger charge is 2.28. The summed E-state index contributed by atoms with van der Waals surface area (Å²) >= 11 is 0. The average Bonchev–Trinajstić information content (AvgIpc) is 3.31. The monoisotopic (exact) mass is 445 g/mol. The predicted molar refractivity (Wildman–Crippen MR) is 131 cm³/mol. The van der Waals surface area contributed by atoms with E-state index in [1.54, 1.807) is 14.2 Å². The molecule has 1 N–H and O–H groups in total. The van der Waals surface area contributed by atoms with Crippen LogP contribution < -0.4 is 14.8 Å². The van der Waals surface area contributed by atoms with E-state index in [0.717, 1.165) is 41.3 Å². The molecule has 1 aliphatic rings. The summed E-state index contributed by atoms with van der Waals surface area (Å²) in [6.07, 6.45) is 1.26. The smallest absolute Gasteiger partial charge is 0.227 e. The van der Waals surface area contributed by atoms with E-state index in [1.807, 2.05) is 30.0 Å². The number of hydrogen-bond acceptors (Lipinski definition) is 5. The van der Waals surface area contributed by atoms with Crippen molar-refractivity contribution in [3.63, 3.8) is 0 Å². The van der Waals surface area contributed by atoms with Crippen molar-refractivity contribution in [3.8, 4) is 11.5 Å². The number of aromatic nitrogens is 1. The van der Waals surface area contributed by atoms with Crippen LogP contribution in [0.5, 0.6) is 11.5 Å². The van der Waals surface area contributed by atoms with Crippen LogP contribution in [0.25, 0.3) is 0 Å². The lowest BCUT2D eigenvalue weighted by Crippen LogP contribution is -2.30. The summed E-state index contributed by atoms with van der Waals surface area (Å²) in [5, 5.41) is 3.48. The van der Waals surface area contributed by atoms with Gasteiger partial charge in [-0.15, -0.1) is 0 Å². The summed E-state index contributed by atoms with van der Waals surface area (Å²) in [6.45, 7) is 5.52. The molecule has 2 heterocycles. The van der Waals surface area contributed by atoms with Crippen molar-refractivity contribution in [3.05, 3.63) is 77.1 Å². The second kappa shape index (κ2) is 9.94. The fraction of sp³-hybridized carbons (Fsp3) is 0.333. The topological polar surface area (TPSA) is 63.7 Å². The van der Waals surface area contributed by atoms with E-state index >= 15 is 0 Å². The lowest BCUT2D eigenvalue weighted by Gasteiger charge is -2.18. The number of benzene rings is 2. The number of amides is 1. The van der Waals surface area contributed by atoms with Gasteiger partial charge in [0.1, 0.15) is 0 Å². The maximum absolute atomic E-state index is 13.0. The van der Waals surface area contributed by atoms with Crippen LogP contribution in [0.1, 0.15) is 34.9 Å². The van der Waals surface area contributed by atoms with E-state index in [4.69, 9.17) is 14.5 Å². The molecule has 172 valence electrons. The fourth-order valence-electron chi connectivity index (χ4n) is 4.28. The largest absolute Gasteiger partial charge is 0.493 e. The quantitative estimate of drug-likeness (QED) is 0.553. The van der Waals surface area contributed by atoms with Crippen molar-refractivity contribution in [2.75, 3.05) is 32.6 Å². The minimum Gasteiger partial charge on any atom is -0.493 e. The van der Waals surface area contributed by atoms with Crippen LogP contribution in [0, 0.1) is 13.8 Å². The van der Waals surface area contributed by atoms with E-state index < -0.39 is 0 Å². The maximum Gasteiger partial charge on any atom is 0.227 e. The van der Waals surface area contributed by atoms with E-state index in [-0.39, 0.29) is 11.8 Å². The number of nitrogens with one attached hydrogen (secondary N) is 1. The van der Waals surface area contributed by atoms with Gasteiger partial charge in [0.15, 0.2) is 11.5 Å². The number of carbonyl (C=O) groups is 1. The van der Waals surface area contributed by atoms with Gasteiger partial charge in [-0.1, -0.05) is 23.8 Å². The van der Waals surface area contributed by atoms with Crippen molar-refractivity contribution in [2.45, 2.75) is 32.6 Å². The Bertz CT molecular complexity index is 1130. The van der Waals surface area contributed by atoms with E-state index in [9.17, 15) is 4.79 Å². The zero-order chi connectivity index (χ0) is 23.4. The number of likely N-dealkylation sites (tertiary alicyclic amines) is 1. The first kappa shape index (κ1) is 22.6. The van der Waals surface area contributed by atoms with Crippen LogP contribution in [0.2, 0.25) is 0 Å². The van der Waals surface area contributed by atoms with Crippen LogP contribution in [-0.2, 0) is 11.2 Å². The SMILES string of the molecule is COc1ccc(CC(=O)N2CC[C@H](c3cc(Nc4ccc(C)cc4)cc(C)n3)C2)cc1OC. The van der Waals surface area contributed by atoms with Crippen LogP contribution in [0.15, 0.2) is 54.6 Å². The molecule has 0 aliphatic carbocycles. The third-order valence-corrected chi connectivity index (χ3v) is 6.08. The molecule has 0 unspecified atom stereocenters. The fourth-order valence-corrected chi connectivity index (χ4v) is 4.28. The number of pyridine rings is 1. The summed E-state index contributed by atoms with van der Waals surface area (Å²) in [6, 6.07) is 18.1. The number of hydrogen-bond donors (Lipinski definition) is 1. The van der Waals surface area contributed by atoms with Gasteiger partial charge in [-0.05, 0) is 62.2 Å². The minimum atomic E-state index is 0.121. The molecule has 1 aliphatic heterocycles. The lowest BCUT2D eigenvalue weighted by atomic mass is 10.0. The molecule has 0 radical (unpaired) electrons. The first-order valence-electron chi connectivity index (χ1n) is 11.3. The molecule has 33 heavy (non-hydrogen) atoms. The molecule has 1 aromatic heterocycles. The van der Waals surface area contributed by atoms with Gasteiger partial charge in [-0.3, -0.25) is 9.78 Å². The number of methoxy groups -OCH3 is 2. The lowest BCUT2D eigenvalue weighted by molar-refractivity contribution is -0.129. The Labute approximate surface area is 195 Å². The van der Waals surface area contributed by atoms with Crippen molar-refractivity contribution in [2.24, 2.45) is 0 Å². The molecule has 0 spiro atoms. The van der Waals surface area contributed by atoms with Gasteiger partial charge in [0, 0.05) is 41.8 Å². The van der Waals surface area contributed by atoms with Gasteiger partial charge in [0.2, 0.25) is 5.91 Å². The molecular weight excluding hydrogens is 414 g/mol. The molecule has 0 saturated carbocycles. The Hall–Kier alpha value is -3.54. The highest BCUT2D eigenvalue weighted by molar-refractivity contribution is 5.79. The number of anilines is 2. The molecule has 1 atom stereocenters. The van der Waals surface area contributed by atoms with Crippen molar-refractivity contribution >= 4 is 17.3 Å². The first-order valence-corrected chi connectivity index (χ1v) is 11.3. The third kappa shape index (κ3) is 5.45. The van der Waals surface area contributed by atoms with Gasteiger partial charge in [-0.25, -0.2) is 0 Å². The Morgan fingerprint density at radius 2 is 1.76 bits per heavy atom. The minimum absolute atomic E-state index is 0.121. The van der Waals surface area contributed by atoms with E-state index in [0.29, 0.717) is 24.5 Å². The van der Waals surface area contributed by atoms with Crippen LogP contribution in [0.3, 0.4) is 0 Å². The summed E-state index contributed by atoms with van der Waals surface area (Å²) in [5.41, 5.74) is 6.23. The second-order valence-corrected chi connectivity index (χ2v) is 8.60. The predicted octanol–water partition coefficient (Wildman–Crippen LogP) is 5.02. The molecule has 2 aromatic carbocycles. The first-order chi connectivity index (χ1) is 15.9. The standard InChI is InChI=1S/C27H31N3O3/c1-18-5-8-22(9-6-18)29-23-13-19(2)28-24(16-23)21-11-12-30(17-21)27(31)15-20-7-10-25(32-3)26(14-20)33-4/h5-10,13-14,16,21H,11-12,15,17H2,1-4H3,(H,28,29)/t21-/m0/s1. The molecule has 1 saturated heterocycles. The third-order valence-electron chi connectivity index (χ3n) is 6.08. The van der Waals surface area contributed by atoms with Crippen molar-refractivity contribution in [1.82, 2.24) is 9.88 Å². The van der Waals surface area contributed by atoms with Crippen LogP contribution >= 0.6 is 0 Å². The summed E-state index contributed by atoms with van der Waals surface area (Å²) in [4.78, 5) is 19.7. The van der Waals surface area contributed by atoms with Crippen LogP contribution in [-0.4, -0.2) is 43.1 Å². The Kier molecular flexibility index (Phi) is 6.82. The van der Waals surface area contributed by atoms with Gasteiger partial charge in [-0.2, -0.15) is 0 Å². The Morgan fingerprint density at radius 1 is 1.00 bits per heavy atom. The number of ether oxygens (including phenoxy) is 2. The zero-order valence-corrected chi connectivity index (χ0v) is 19.7. The average molecular weight is 446 g/mol. The normalized spacial score (nSPS) is 15.4. The molecule has 1 amide bonds.